The molecule has 2 N–H and O–H groups in total. The fourth-order valence-electron chi connectivity index (χ4n) is 0.910. The summed E-state index contributed by atoms with van der Waals surface area (Å²) in [6, 6.07) is 7.28. The molecule has 0 unspecified atom stereocenters. The molecule has 0 aliphatic heterocycles. The molecule has 0 aliphatic rings. The molecule has 1 aromatic rings. The van der Waals surface area contributed by atoms with Gasteiger partial charge in [-0.05, 0) is 18.1 Å². The lowest BCUT2D eigenvalue weighted by Crippen LogP contribution is -2.04. The molecular weight excluding hydrogens is 141 g/mol. The second-order valence-electron chi connectivity index (χ2n) is 2.66. The highest BCUT2D eigenvalue weighted by atomic mass is 19.1. The highest BCUT2D eigenvalue weighted by Crippen LogP contribution is 2.10. The van der Waals surface area contributed by atoms with Crippen LogP contribution in [0.3, 0.4) is 0 Å². The lowest BCUT2D eigenvalue weighted by molar-refractivity contribution is 0.485. The molecule has 0 amide bonds. The largest absolute Gasteiger partial charge is 0.324 e. The van der Waals surface area contributed by atoms with E-state index >= 15 is 0 Å². The molecule has 0 saturated heterocycles. The van der Waals surface area contributed by atoms with Crippen molar-refractivity contribution < 1.29 is 4.39 Å². The summed E-state index contributed by atoms with van der Waals surface area (Å²) >= 11 is 0. The molecule has 1 nitrogen and oxygen atoms in total. The van der Waals surface area contributed by atoms with Crippen molar-refractivity contribution in [3.8, 4) is 0 Å². The second-order valence-corrected chi connectivity index (χ2v) is 2.66. The minimum absolute atomic E-state index is 0.0312. The van der Waals surface area contributed by atoms with Crippen molar-refractivity contribution in [2.75, 3.05) is 0 Å². The van der Waals surface area contributed by atoms with Gasteiger partial charge in [0.1, 0.15) is 6.67 Å². The van der Waals surface area contributed by atoms with Gasteiger partial charge in [-0.25, -0.2) is 4.39 Å². The van der Waals surface area contributed by atoms with Crippen LogP contribution in [0.5, 0.6) is 0 Å². The van der Waals surface area contributed by atoms with Crippen LogP contribution < -0.4 is 5.73 Å². The molecule has 0 saturated carbocycles. The summed E-state index contributed by atoms with van der Waals surface area (Å²) in [5, 5.41) is 0. The van der Waals surface area contributed by atoms with Crippen LogP contribution in [0.1, 0.15) is 24.1 Å². The fourth-order valence-corrected chi connectivity index (χ4v) is 0.910. The van der Waals surface area contributed by atoms with Gasteiger partial charge in [0.15, 0.2) is 0 Å². The number of alkyl halides is 1. The highest BCUT2D eigenvalue weighted by Gasteiger charge is 1.97. The quantitative estimate of drug-likeness (QED) is 0.692. The number of halogens is 1. The van der Waals surface area contributed by atoms with Crippen LogP contribution >= 0.6 is 0 Å². The lowest BCUT2D eigenvalue weighted by atomic mass is 10.1. The Labute approximate surface area is 66.0 Å². The van der Waals surface area contributed by atoms with Crippen molar-refractivity contribution in [3.05, 3.63) is 35.4 Å². The van der Waals surface area contributed by atoms with Crippen LogP contribution in [0.4, 0.5) is 4.39 Å². The lowest BCUT2D eigenvalue weighted by Gasteiger charge is -2.04. The van der Waals surface area contributed by atoms with Crippen molar-refractivity contribution in [1.29, 1.82) is 0 Å². The van der Waals surface area contributed by atoms with Gasteiger partial charge in [0.25, 0.3) is 0 Å². The van der Waals surface area contributed by atoms with Crippen LogP contribution in [0, 0.1) is 0 Å². The molecule has 11 heavy (non-hydrogen) atoms. The highest BCUT2D eigenvalue weighted by molar-refractivity contribution is 5.23. The SMILES string of the molecule is C[C@H](N)c1ccc(CF)cc1. The summed E-state index contributed by atoms with van der Waals surface area (Å²) < 4.78 is 12.0. The Morgan fingerprint density at radius 3 is 2.27 bits per heavy atom. The average Bonchev–Trinajstić information content (AvgIpc) is 2.05. The summed E-state index contributed by atoms with van der Waals surface area (Å²) in [7, 11) is 0. The molecule has 0 heterocycles. The van der Waals surface area contributed by atoms with Gasteiger partial charge in [-0.1, -0.05) is 24.3 Å². The van der Waals surface area contributed by atoms with Crippen molar-refractivity contribution >= 4 is 0 Å². The molecule has 2 heteroatoms. The first-order valence-corrected chi connectivity index (χ1v) is 3.64. The van der Waals surface area contributed by atoms with Crippen LogP contribution in [-0.2, 0) is 6.67 Å². The van der Waals surface area contributed by atoms with Gasteiger partial charge in [-0.3, -0.25) is 0 Å². The maximum atomic E-state index is 12.0. The van der Waals surface area contributed by atoms with E-state index in [1.54, 1.807) is 12.1 Å². The predicted molar refractivity (Wildman–Crippen MR) is 43.9 cm³/mol. The summed E-state index contributed by atoms with van der Waals surface area (Å²) in [6.07, 6.45) is 0. The minimum atomic E-state index is -0.404. The Bertz CT molecular complexity index is 216. The fraction of sp³-hybridized carbons (Fsp3) is 0.333. The summed E-state index contributed by atoms with van der Waals surface area (Å²) in [6.45, 7) is 1.50. The number of rotatable bonds is 2. The van der Waals surface area contributed by atoms with Crippen LogP contribution in [0.2, 0.25) is 0 Å². The van der Waals surface area contributed by atoms with E-state index < -0.39 is 6.67 Å². The molecule has 0 radical (unpaired) electrons. The zero-order chi connectivity index (χ0) is 8.27. The molecular formula is C9H12FN. The Balaban J connectivity index is 2.83. The smallest absolute Gasteiger partial charge is 0.115 e. The maximum Gasteiger partial charge on any atom is 0.115 e. The zero-order valence-electron chi connectivity index (χ0n) is 6.55. The molecule has 0 aromatic heterocycles. The monoisotopic (exact) mass is 153 g/mol. The van der Waals surface area contributed by atoms with Crippen LogP contribution in [0.15, 0.2) is 24.3 Å². The van der Waals surface area contributed by atoms with Crippen LogP contribution in [0.25, 0.3) is 0 Å². The third-order valence-electron chi connectivity index (χ3n) is 1.66. The van der Waals surface area contributed by atoms with E-state index in [4.69, 9.17) is 5.73 Å². The number of benzene rings is 1. The third kappa shape index (κ3) is 2.02. The summed E-state index contributed by atoms with van der Waals surface area (Å²) in [5.41, 5.74) is 7.36. The van der Waals surface area contributed by atoms with Gasteiger partial charge in [-0.15, -0.1) is 0 Å². The Kier molecular flexibility index (Phi) is 2.60. The summed E-state index contributed by atoms with van der Waals surface area (Å²) in [5.74, 6) is 0. The number of nitrogens with two attached hydrogens (primary N) is 1. The molecule has 1 aromatic carbocycles. The molecule has 60 valence electrons. The standard InChI is InChI=1S/C9H12FN/c1-7(11)9-4-2-8(6-10)3-5-9/h2-5,7H,6,11H2,1H3/t7-/m0/s1. The van der Waals surface area contributed by atoms with E-state index in [-0.39, 0.29) is 6.04 Å². The predicted octanol–water partition coefficient (Wildman–Crippen LogP) is 2.18. The second kappa shape index (κ2) is 3.49. The van der Waals surface area contributed by atoms with E-state index in [1.807, 2.05) is 19.1 Å². The van der Waals surface area contributed by atoms with E-state index in [2.05, 4.69) is 0 Å². The first-order chi connectivity index (χ1) is 5.24. The van der Waals surface area contributed by atoms with Crippen LogP contribution in [-0.4, -0.2) is 0 Å². The maximum absolute atomic E-state index is 12.0. The number of hydrogen-bond donors (Lipinski definition) is 1. The number of hydrogen-bond acceptors (Lipinski definition) is 1. The topological polar surface area (TPSA) is 26.0 Å². The minimum Gasteiger partial charge on any atom is -0.324 e. The van der Waals surface area contributed by atoms with E-state index in [9.17, 15) is 4.39 Å². The van der Waals surface area contributed by atoms with E-state index in [0.717, 1.165) is 5.56 Å². The third-order valence-corrected chi connectivity index (χ3v) is 1.66. The molecule has 0 bridgehead atoms. The zero-order valence-corrected chi connectivity index (χ0v) is 6.55. The van der Waals surface area contributed by atoms with Crippen molar-refractivity contribution in [1.82, 2.24) is 0 Å². The van der Waals surface area contributed by atoms with Gasteiger partial charge in [0, 0.05) is 6.04 Å². The first kappa shape index (κ1) is 8.21. The van der Waals surface area contributed by atoms with Gasteiger partial charge in [0.2, 0.25) is 0 Å². The van der Waals surface area contributed by atoms with Crippen molar-refractivity contribution in [3.63, 3.8) is 0 Å². The van der Waals surface area contributed by atoms with Gasteiger partial charge in [0.05, 0.1) is 0 Å². The molecule has 1 rings (SSSR count). The first-order valence-electron chi connectivity index (χ1n) is 3.64. The Hall–Kier alpha value is -0.890. The van der Waals surface area contributed by atoms with E-state index in [0.29, 0.717) is 5.56 Å². The van der Waals surface area contributed by atoms with Gasteiger partial charge in [-0.2, -0.15) is 0 Å². The molecule has 0 fully saturated rings. The Morgan fingerprint density at radius 2 is 1.91 bits per heavy atom. The van der Waals surface area contributed by atoms with Crippen molar-refractivity contribution in [2.24, 2.45) is 5.73 Å². The van der Waals surface area contributed by atoms with Gasteiger partial charge < -0.3 is 5.73 Å². The normalized spacial score (nSPS) is 13.0. The van der Waals surface area contributed by atoms with Gasteiger partial charge >= 0.3 is 0 Å². The molecule has 0 aliphatic carbocycles. The summed E-state index contributed by atoms with van der Waals surface area (Å²) in [4.78, 5) is 0. The Morgan fingerprint density at radius 1 is 1.36 bits per heavy atom. The van der Waals surface area contributed by atoms with Crippen molar-refractivity contribution in [2.45, 2.75) is 19.6 Å². The molecule has 0 spiro atoms. The van der Waals surface area contributed by atoms with E-state index in [1.165, 1.54) is 0 Å². The molecule has 1 atom stereocenters. The average molecular weight is 153 g/mol.